The summed E-state index contributed by atoms with van der Waals surface area (Å²) in [7, 11) is 0. The van der Waals surface area contributed by atoms with Crippen LogP contribution in [0.3, 0.4) is 0 Å². The molecule has 0 aromatic carbocycles. The van der Waals surface area contributed by atoms with Crippen LogP contribution in [0, 0.1) is 0 Å². The van der Waals surface area contributed by atoms with Crippen molar-refractivity contribution in [3.8, 4) is 0 Å². The third-order valence-corrected chi connectivity index (χ3v) is 0.829. The van der Waals surface area contributed by atoms with Crippen molar-refractivity contribution in [2.75, 3.05) is 0 Å². The normalized spacial score (nSPS) is 8.00. The monoisotopic (exact) mass is 158 g/mol. The lowest BCUT2D eigenvalue weighted by Gasteiger charge is -1.86. The highest BCUT2D eigenvalue weighted by Crippen LogP contribution is 1.89. The fourth-order valence-electron chi connectivity index (χ4n) is 0.352. The SMILES string of the molecule is CC(=O)CCC(C)=O.CCC. The van der Waals surface area contributed by atoms with Crippen molar-refractivity contribution < 1.29 is 9.59 Å². The topological polar surface area (TPSA) is 34.1 Å². The Morgan fingerprint density at radius 3 is 1.18 bits per heavy atom. The predicted molar refractivity (Wildman–Crippen MR) is 46.6 cm³/mol. The van der Waals surface area contributed by atoms with Crippen LogP contribution in [0.2, 0.25) is 0 Å². The molecule has 0 heterocycles. The maximum absolute atomic E-state index is 10.2. The van der Waals surface area contributed by atoms with Gasteiger partial charge >= 0.3 is 0 Å². The van der Waals surface area contributed by atoms with Gasteiger partial charge in [0.25, 0.3) is 0 Å². The molecule has 0 radical (unpaired) electrons. The van der Waals surface area contributed by atoms with Crippen molar-refractivity contribution in [3.05, 3.63) is 0 Å². The molecule has 0 atom stereocenters. The highest BCUT2D eigenvalue weighted by molar-refractivity contribution is 5.83. The average Bonchev–Trinajstić information content (AvgIpc) is 1.85. The largest absolute Gasteiger partial charge is 0.300 e. The molecule has 2 nitrogen and oxygen atoms in total. The van der Waals surface area contributed by atoms with Crippen LogP contribution in [-0.2, 0) is 9.59 Å². The van der Waals surface area contributed by atoms with E-state index in [1.54, 1.807) is 0 Å². The van der Waals surface area contributed by atoms with Crippen LogP contribution in [-0.4, -0.2) is 11.6 Å². The molecule has 0 aromatic rings. The van der Waals surface area contributed by atoms with E-state index in [9.17, 15) is 9.59 Å². The summed E-state index contributed by atoms with van der Waals surface area (Å²) in [5, 5.41) is 0. The van der Waals surface area contributed by atoms with Gasteiger partial charge < -0.3 is 9.59 Å². The minimum absolute atomic E-state index is 0.0835. The second-order valence-electron chi connectivity index (χ2n) is 2.61. The third-order valence-electron chi connectivity index (χ3n) is 0.829. The van der Waals surface area contributed by atoms with Gasteiger partial charge in [-0.2, -0.15) is 0 Å². The highest BCUT2D eigenvalue weighted by Gasteiger charge is 1.95. The standard InChI is InChI=1S/C6H10O2.C3H8/c1-5(7)3-4-6(2)8;1-3-2/h3-4H2,1-2H3;3H2,1-2H3. The van der Waals surface area contributed by atoms with Gasteiger partial charge in [-0.05, 0) is 13.8 Å². The van der Waals surface area contributed by atoms with Crippen molar-refractivity contribution >= 4 is 11.6 Å². The fraction of sp³-hybridized carbons (Fsp3) is 0.778. The summed E-state index contributed by atoms with van der Waals surface area (Å²) in [6, 6.07) is 0. The molecule has 0 N–H and O–H groups in total. The van der Waals surface area contributed by atoms with E-state index in [1.165, 1.54) is 20.3 Å². The molecule has 0 saturated carbocycles. The smallest absolute Gasteiger partial charge is 0.130 e. The number of Topliss-reactive ketones (excluding diaryl/α,β-unsaturated/α-hetero) is 2. The van der Waals surface area contributed by atoms with Gasteiger partial charge in [0.15, 0.2) is 0 Å². The van der Waals surface area contributed by atoms with E-state index in [2.05, 4.69) is 13.8 Å². The van der Waals surface area contributed by atoms with Gasteiger partial charge in [0.05, 0.1) is 0 Å². The fourth-order valence-corrected chi connectivity index (χ4v) is 0.352. The van der Waals surface area contributed by atoms with Crippen LogP contribution in [0.5, 0.6) is 0 Å². The summed E-state index contributed by atoms with van der Waals surface area (Å²) < 4.78 is 0. The summed E-state index contributed by atoms with van der Waals surface area (Å²) in [5.74, 6) is 0.167. The number of hydrogen-bond donors (Lipinski definition) is 0. The van der Waals surface area contributed by atoms with E-state index in [4.69, 9.17) is 0 Å². The molecule has 0 amide bonds. The van der Waals surface area contributed by atoms with Gasteiger partial charge in [-0.3, -0.25) is 0 Å². The number of rotatable bonds is 3. The number of hydrogen-bond acceptors (Lipinski definition) is 2. The van der Waals surface area contributed by atoms with E-state index < -0.39 is 0 Å². The van der Waals surface area contributed by atoms with Crippen LogP contribution < -0.4 is 0 Å². The van der Waals surface area contributed by atoms with Gasteiger partial charge in [-0.15, -0.1) is 0 Å². The van der Waals surface area contributed by atoms with Crippen LogP contribution >= 0.6 is 0 Å². The zero-order valence-electron chi connectivity index (χ0n) is 7.94. The molecule has 0 aliphatic carbocycles. The molecular formula is C9H18O2. The molecular weight excluding hydrogens is 140 g/mol. The van der Waals surface area contributed by atoms with Gasteiger partial charge in [0.2, 0.25) is 0 Å². The Kier molecular flexibility index (Phi) is 11.0. The second-order valence-corrected chi connectivity index (χ2v) is 2.61. The predicted octanol–water partition coefficient (Wildman–Crippen LogP) is 2.36. The van der Waals surface area contributed by atoms with Crippen molar-refractivity contribution in [2.45, 2.75) is 47.0 Å². The molecule has 0 aliphatic rings. The summed E-state index contributed by atoms with van der Waals surface area (Å²) in [6.45, 7) is 7.23. The first kappa shape index (κ1) is 13.0. The maximum atomic E-state index is 10.2. The molecule has 0 saturated heterocycles. The highest BCUT2D eigenvalue weighted by atomic mass is 16.1. The molecule has 0 spiro atoms. The van der Waals surface area contributed by atoms with E-state index in [0.717, 1.165) is 0 Å². The minimum Gasteiger partial charge on any atom is -0.300 e. The summed E-state index contributed by atoms with van der Waals surface area (Å²) in [5.41, 5.74) is 0. The molecule has 0 rings (SSSR count). The first-order chi connectivity index (χ1) is 5.04. The molecule has 0 fully saturated rings. The first-order valence-corrected chi connectivity index (χ1v) is 4.03. The molecule has 0 aromatic heterocycles. The molecule has 0 unspecified atom stereocenters. The Labute approximate surface area is 69.0 Å². The zero-order chi connectivity index (χ0) is 9.28. The maximum Gasteiger partial charge on any atom is 0.130 e. The molecule has 0 bridgehead atoms. The van der Waals surface area contributed by atoms with Crippen LogP contribution in [0.1, 0.15) is 47.0 Å². The zero-order valence-corrected chi connectivity index (χ0v) is 7.94. The van der Waals surface area contributed by atoms with Gasteiger partial charge in [0, 0.05) is 12.8 Å². The van der Waals surface area contributed by atoms with E-state index in [0.29, 0.717) is 12.8 Å². The lowest BCUT2D eigenvalue weighted by atomic mass is 10.2. The van der Waals surface area contributed by atoms with Crippen LogP contribution in [0.25, 0.3) is 0 Å². The summed E-state index contributed by atoms with van der Waals surface area (Å²) >= 11 is 0. The van der Waals surface area contributed by atoms with Crippen LogP contribution in [0.15, 0.2) is 0 Å². The second kappa shape index (κ2) is 9.34. The molecule has 0 aliphatic heterocycles. The Hall–Kier alpha value is -0.660. The van der Waals surface area contributed by atoms with Crippen molar-refractivity contribution in [1.29, 1.82) is 0 Å². The van der Waals surface area contributed by atoms with Crippen molar-refractivity contribution in [2.24, 2.45) is 0 Å². The summed E-state index contributed by atoms with van der Waals surface area (Å²) in [6.07, 6.45) is 2.05. The van der Waals surface area contributed by atoms with Gasteiger partial charge in [0.1, 0.15) is 11.6 Å². The van der Waals surface area contributed by atoms with E-state index in [1.807, 2.05) is 0 Å². The molecule has 2 heteroatoms. The Bertz CT molecular complexity index is 103. The van der Waals surface area contributed by atoms with Crippen molar-refractivity contribution in [1.82, 2.24) is 0 Å². The van der Waals surface area contributed by atoms with Gasteiger partial charge in [-0.25, -0.2) is 0 Å². The van der Waals surface area contributed by atoms with E-state index >= 15 is 0 Å². The summed E-state index contributed by atoms with van der Waals surface area (Å²) in [4.78, 5) is 20.4. The molecule has 11 heavy (non-hydrogen) atoms. The Balaban J connectivity index is 0. The first-order valence-electron chi connectivity index (χ1n) is 4.03. The van der Waals surface area contributed by atoms with E-state index in [-0.39, 0.29) is 11.6 Å². The Morgan fingerprint density at radius 1 is 0.909 bits per heavy atom. The average molecular weight is 158 g/mol. The third kappa shape index (κ3) is 26.7. The molecule has 66 valence electrons. The van der Waals surface area contributed by atoms with Crippen molar-refractivity contribution in [3.63, 3.8) is 0 Å². The Morgan fingerprint density at radius 2 is 1.09 bits per heavy atom. The number of carbonyl (C=O) groups excluding carboxylic acids is 2. The lowest BCUT2D eigenvalue weighted by Crippen LogP contribution is -1.95. The van der Waals surface area contributed by atoms with Gasteiger partial charge in [-0.1, -0.05) is 20.3 Å². The van der Waals surface area contributed by atoms with Crippen LogP contribution in [0.4, 0.5) is 0 Å². The number of ketones is 2. The minimum atomic E-state index is 0.0835. The number of carbonyl (C=O) groups is 2. The lowest BCUT2D eigenvalue weighted by molar-refractivity contribution is -0.122. The quantitative estimate of drug-likeness (QED) is 0.631.